The number of nitrogen functional groups attached to an aromatic ring is 1. The molecule has 0 aromatic carbocycles. The van der Waals surface area contributed by atoms with Crippen LogP contribution in [0.5, 0.6) is 0 Å². The van der Waals surface area contributed by atoms with Crippen LogP contribution in [0, 0.1) is 0 Å². The molecule has 1 aliphatic rings. The van der Waals surface area contributed by atoms with Gasteiger partial charge in [-0.2, -0.15) is 4.98 Å². The van der Waals surface area contributed by atoms with Crippen LogP contribution < -0.4 is 5.73 Å². The Morgan fingerprint density at radius 2 is 2.31 bits per heavy atom. The quantitative estimate of drug-likeness (QED) is 0.663. The second kappa shape index (κ2) is 2.69. The van der Waals surface area contributed by atoms with Crippen LogP contribution in [-0.4, -0.2) is 30.1 Å². The minimum absolute atomic E-state index is 0.0145. The molecular formula is C6H9N3O3S. The lowest BCUT2D eigenvalue weighted by atomic mass is 10.1. The van der Waals surface area contributed by atoms with Crippen molar-refractivity contribution in [3.8, 4) is 0 Å². The fourth-order valence-electron chi connectivity index (χ4n) is 1.41. The summed E-state index contributed by atoms with van der Waals surface area (Å²) in [6, 6.07) is -0.0145. The molecule has 2 rings (SSSR count). The Kier molecular flexibility index (Phi) is 1.76. The zero-order chi connectivity index (χ0) is 9.47. The van der Waals surface area contributed by atoms with Crippen LogP contribution in [0.15, 0.2) is 4.52 Å². The Labute approximate surface area is 75.0 Å². The molecule has 2 N–H and O–H groups in total. The van der Waals surface area contributed by atoms with Crippen molar-refractivity contribution in [2.45, 2.75) is 12.3 Å². The lowest BCUT2D eigenvalue weighted by Gasteiger charge is -1.97. The summed E-state index contributed by atoms with van der Waals surface area (Å²) in [6.45, 7) is 0. The van der Waals surface area contributed by atoms with Gasteiger partial charge < -0.3 is 10.3 Å². The molecule has 0 radical (unpaired) electrons. The van der Waals surface area contributed by atoms with Gasteiger partial charge in [-0.3, -0.25) is 0 Å². The van der Waals surface area contributed by atoms with Crippen LogP contribution in [0.25, 0.3) is 0 Å². The van der Waals surface area contributed by atoms with E-state index in [2.05, 4.69) is 14.7 Å². The fourth-order valence-corrected chi connectivity index (χ4v) is 3.15. The predicted molar refractivity (Wildman–Crippen MR) is 44.7 cm³/mol. The molecule has 1 saturated heterocycles. The molecule has 1 aromatic heterocycles. The molecule has 2 heterocycles. The number of sulfone groups is 1. The molecule has 13 heavy (non-hydrogen) atoms. The first-order valence-electron chi connectivity index (χ1n) is 3.86. The third kappa shape index (κ3) is 1.64. The molecular weight excluding hydrogens is 194 g/mol. The van der Waals surface area contributed by atoms with Crippen LogP contribution in [0.3, 0.4) is 0 Å². The molecule has 1 aromatic rings. The third-order valence-corrected chi connectivity index (χ3v) is 3.82. The summed E-state index contributed by atoms with van der Waals surface area (Å²) in [4.78, 5) is 3.79. The van der Waals surface area contributed by atoms with Crippen LogP contribution in [0.4, 0.5) is 6.01 Å². The number of nitrogens with two attached hydrogens (primary N) is 1. The highest BCUT2D eigenvalue weighted by atomic mass is 32.2. The highest BCUT2D eigenvalue weighted by molar-refractivity contribution is 7.91. The SMILES string of the molecule is Nc1nc(C2CCS(=O)(=O)C2)no1. The van der Waals surface area contributed by atoms with Gasteiger partial charge in [-0.25, -0.2) is 8.42 Å². The van der Waals surface area contributed by atoms with E-state index in [0.717, 1.165) is 0 Å². The van der Waals surface area contributed by atoms with Gasteiger partial charge in [-0.1, -0.05) is 5.16 Å². The van der Waals surface area contributed by atoms with E-state index in [-0.39, 0.29) is 23.4 Å². The van der Waals surface area contributed by atoms with E-state index in [1.807, 2.05) is 0 Å². The molecule has 1 unspecified atom stereocenters. The van der Waals surface area contributed by atoms with Gasteiger partial charge in [0.1, 0.15) is 0 Å². The molecule has 0 amide bonds. The van der Waals surface area contributed by atoms with Crippen molar-refractivity contribution < 1.29 is 12.9 Å². The van der Waals surface area contributed by atoms with Crippen molar-refractivity contribution in [3.63, 3.8) is 0 Å². The first kappa shape index (κ1) is 8.49. The van der Waals surface area contributed by atoms with Crippen LogP contribution in [-0.2, 0) is 9.84 Å². The number of rotatable bonds is 1. The number of hydrogen-bond acceptors (Lipinski definition) is 6. The van der Waals surface area contributed by atoms with Crippen molar-refractivity contribution in [1.82, 2.24) is 10.1 Å². The first-order chi connectivity index (χ1) is 6.07. The lowest BCUT2D eigenvalue weighted by molar-refractivity contribution is 0.422. The van der Waals surface area contributed by atoms with Crippen molar-refractivity contribution in [2.75, 3.05) is 17.2 Å². The van der Waals surface area contributed by atoms with E-state index in [1.165, 1.54) is 0 Å². The topological polar surface area (TPSA) is 99.1 Å². The van der Waals surface area contributed by atoms with Gasteiger partial charge in [-0.15, -0.1) is 0 Å². The zero-order valence-electron chi connectivity index (χ0n) is 6.80. The fraction of sp³-hybridized carbons (Fsp3) is 0.667. The summed E-state index contributed by atoms with van der Waals surface area (Å²) in [7, 11) is -2.90. The predicted octanol–water partition coefficient (Wildman–Crippen LogP) is -0.446. The van der Waals surface area contributed by atoms with Crippen LogP contribution in [0.2, 0.25) is 0 Å². The lowest BCUT2D eigenvalue weighted by Crippen LogP contribution is -2.05. The van der Waals surface area contributed by atoms with E-state index < -0.39 is 9.84 Å². The molecule has 0 spiro atoms. The molecule has 72 valence electrons. The molecule has 1 fully saturated rings. The first-order valence-corrected chi connectivity index (χ1v) is 5.68. The second-order valence-electron chi connectivity index (χ2n) is 3.09. The Hall–Kier alpha value is -1.11. The molecule has 1 aliphatic heterocycles. The van der Waals surface area contributed by atoms with Crippen molar-refractivity contribution in [2.24, 2.45) is 0 Å². The monoisotopic (exact) mass is 203 g/mol. The highest BCUT2D eigenvalue weighted by Crippen LogP contribution is 2.26. The summed E-state index contributed by atoms with van der Waals surface area (Å²) < 4.78 is 26.8. The molecule has 0 bridgehead atoms. The maximum absolute atomic E-state index is 11.1. The van der Waals surface area contributed by atoms with Crippen LogP contribution in [0.1, 0.15) is 18.2 Å². The normalized spacial score (nSPS) is 26.3. The average Bonchev–Trinajstić information content (AvgIpc) is 2.56. The Bertz CT molecular complexity index is 411. The number of anilines is 1. The molecule has 6 nitrogen and oxygen atoms in total. The van der Waals surface area contributed by atoms with E-state index in [4.69, 9.17) is 5.73 Å². The van der Waals surface area contributed by atoms with E-state index in [1.54, 1.807) is 0 Å². The average molecular weight is 203 g/mol. The second-order valence-corrected chi connectivity index (χ2v) is 5.32. The van der Waals surface area contributed by atoms with Gasteiger partial charge >= 0.3 is 6.01 Å². The number of hydrogen-bond donors (Lipinski definition) is 1. The van der Waals surface area contributed by atoms with Crippen molar-refractivity contribution in [3.05, 3.63) is 5.82 Å². The molecule has 7 heteroatoms. The maximum Gasteiger partial charge on any atom is 0.318 e. The minimum atomic E-state index is -2.90. The van der Waals surface area contributed by atoms with E-state index in [9.17, 15) is 8.42 Å². The molecule has 0 saturated carbocycles. The van der Waals surface area contributed by atoms with Gasteiger partial charge in [-0.05, 0) is 6.42 Å². The van der Waals surface area contributed by atoms with Gasteiger partial charge in [0.25, 0.3) is 0 Å². The maximum atomic E-state index is 11.1. The smallest absolute Gasteiger partial charge is 0.318 e. The largest absolute Gasteiger partial charge is 0.351 e. The highest BCUT2D eigenvalue weighted by Gasteiger charge is 2.32. The summed E-state index contributed by atoms with van der Waals surface area (Å²) in [5.41, 5.74) is 5.22. The summed E-state index contributed by atoms with van der Waals surface area (Å²) in [5.74, 6) is 0.558. The van der Waals surface area contributed by atoms with Gasteiger partial charge in [0, 0.05) is 5.92 Å². The van der Waals surface area contributed by atoms with Crippen molar-refractivity contribution >= 4 is 15.9 Å². The number of aromatic nitrogens is 2. The van der Waals surface area contributed by atoms with Gasteiger partial charge in [0.05, 0.1) is 11.5 Å². The zero-order valence-corrected chi connectivity index (χ0v) is 7.62. The van der Waals surface area contributed by atoms with Crippen molar-refractivity contribution in [1.29, 1.82) is 0 Å². The van der Waals surface area contributed by atoms with Gasteiger partial charge in [0.2, 0.25) is 0 Å². The summed E-state index contributed by atoms with van der Waals surface area (Å²) in [6.07, 6.45) is 0.557. The third-order valence-electron chi connectivity index (χ3n) is 2.06. The van der Waals surface area contributed by atoms with E-state index in [0.29, 0.717) is 12.2 Å². The van der Waals surface area contributed by atoms with E-state index >= 15 is 0 Å². The molecule has 0 aliphatic carbocycles. The Balaban J connectivity index is 2.21. The standard InChI is InChI=1S/C6H9N3O3S/c7-6-8-5(9-12-6)4-1-2-13(10,11)3-4/h4H,1-3H2,(H2,7,8,9). The Morgan fingerprint density at radius 3 is 2.77 bits per heavy atom. The summed E-state index contributed by atoms with van der Waals surface area (Å²) in [5, 5.41) is 3.59. The van der Waals surface area contributed by atoms with Crippen LogP contribution >= 0.6 is 0 Å². The Morgan fingerprint density at radius 1 is 1.54 bits per heavy atom. The summed E-state index contributed by atoms with van der Waals surface area (Å²) >= 11 is 0. The minimum Gasteiger partial charge on any atom is -0.351 e. The number of nitrogens with zero attached hydrogens (tertiary/aromatic N) is 2. The van der Waals surface area contributed by atoms with Gasteiger partial charge in [0.15, 0.2) is 15.7 Å². The molecule has 1 atom stereocenters.